The number of benzene rings is 1. The van der Waals surface area contributed by atoms with Gasteiger partial charge in [-0.2, -0.15) is 13.2 Å². The number of rotatable bonds is 8. The molecule has 4 aliphatic rings. The summed E-state index contributed by atoms with van der Waals surface area (Å²) in [6.07, 6.45) is 4.79. The van der Waals surface area contributed by atoms with Gasteiger partial charge in [-0.3, -0.25) is 4.79 Å². The number of nitrogens with one attached hydrogen (secondary N) is 2. The second kappa shape index (κ2) is 8.36. The van der Waals surface area contributed by atoms with Gasteiger partial charge in [-0.15, -0.1) is 0 Å². The summed E-state index contributed by atoms with van der Waals surface area (Å²) in [5, 5.41) is 7.63. The Morgan fingerprint density at radius 3 is 2.60 bits per heavy atom. The van der Waals surface area contributed by atoms with Crippen molar-refractivity contribution in [3.8, 4) is 0 Å². The van der Waals surface area contributed by atoms with E-state index in [1.807, 2.05) is 12.1 Å². The maximum Gasteiger partial charge on any atom is 0.417 e. The van der Waals surface area contributed by atoms with E-state index < -0.39 is 11.7 Å². The van der Waals surface area contributed by atoms with Crippen LogP contribution in [0.15, 0.2) is 36.9 Å². The fourth-order valence-corrected chi connectivity index (χ4v) is 5.69. The molecule has 4 saturated carbocycles. The number of aromatic nitrogens is 1. The lowest BCUT2D eigenvalue weighted by Gasteiger charge is -2.52. The van der Waals surface area contributed by atoms with E-state index in [1.54, 1.807) is 24.3 Å². The van der Waals surface area contributed by atoms with Crippen molar-refractivity contribution in [3.05, 3.63) is 48.3 Å². The van der Waals surface area contributed by atoms with Crippen LogP contribution in [0.2, 0.25) is 0 Å². The lowest BCUT2D eigenvalue weighted by molar-refractivity contribution is -0.122. The highest BCUT2D eigenvalue weighted by Gasteiger charge is 2.61. The van der Waals surface area contributed by atoms with Gasteiger partial charge in [0.15, 0.2) is 0 Å². The maximum atomic E-state index is 13.7. The largest absolute Gasteiger partial charge is 0.417 e. The normalized spacial score (nSPS) is 25.8. The van der Waals surface area contributed by atoms with Crippen molar-refractivity contribution < 1.29 is 18.0 Å². The molecule has 0 spiro atoms. The number of hydrogen-bond donors (Lipinski definition) is 2. The number of alkyl halides is 3. The summed E-state index contributed by atoms with van der Waals surface area (Å²) in [6.45, 7) is 3.63. The molecule has 2 aromatic rings. The first kappa shape index (κ1) is 23.9. The predicted octanol–water partition coefficient (Wildman–Crippen LogP) is 5.39. The molecule has 0 saturated heterocycles. The summed E-state index contributed by atoms with van der Waals surface area (Å²) in [4.78, 5) is 18.5. The molecular weight excluding hydrogens is 453 g/mol. The number of pyridine rings is 1. The van der Waals surface area contributed by atoms with Crippen LogP contribution >= 0.6 is 0 Å². The van der Waals surface area contributed by atoms with Crippen molar-refractivity contribution >= 4 is 34.0 Å². The molecule has 1 amide bonds. The first-order valence-electron chi connectivity index (χ1n) is 12.1. The average Bonchev–Trinajstić information content (AvgIpc) is 3.48. The Labute approximate surface area is 203 Å². The van der Waals surface area contributed by atoms with Crippen molar-refractivity contribution in [3.63, 3.8) is 0 Å². The van der Waals surface area contributed by atoms with Gasteiger partial charge in [0.25, 0.3) is 0 Å². The van der Waals surface area contributed by atoms with Crippen LogP contribution in [0.25, 0.3) is 22.4 Å². The molecule has 2 bridgehead atoms. The third-order valence-electron chi connectivity index (χ3n) is 7.91. The molecule has 35 heavy (non-hydrogen) atoms. The predicted molar refractivity (Wildman–Crippen MR) is 133 cm³/mol. The zero-order valence-corrected chi connectivity index (χ0v) is 20.1. The molecule has 0 atom stereocenters. The molecule has 4 fully saturated rings. The quantitative estimate of drug-likeness (QED) is 0.528. The summed E-state index contributed by atoms with van der Waals surface area (Å²) in [7, 11) is 4.22. The number of fused-ring (bicyclic) bond motifs is 2. The van der Waals surface area contributed by atoms with Crippen LogP contribution in [0.3, 0.4) is 0 Å². The molecule has 186 valence electrons. The lowest BCUT2D eigenvalue weighted by atomic mass is 9.70. The van der Waals surface area contributed by atoms with E-state index in [0.29, 0.717) is 23.0 Å². The molecule has 1 aromatic heterocycles. The van der Waals surface area contributed by atoms with Gasteiger partial charge in [0.1, 0.15) is 0 Å². The van der Waals surface area contributed by atoms with Crippen molar-refractivity contribution in [2.24, 2.45) is 5.92 Å². The Hall–Kier alpha value is -2.87. The van der Waals surface area contributed by atoms with Crippen molar-refractivity contribution in [1.29, 1.82) is 0 Å². The SMILES string of the molecule is C=C(c1nc(/C=C/CNC(=O)C2CC2)cc2c(NC34CCC(N(C)C)(C3)C4)cccc12)C(F)(F)F. The van der Waals surface area contributed by atoms with Gasteiger partial charge in [0.05, 0.1) is 17.0 Å². The monoisotopic (exact) mass is 484 g/mol. The Morgan fingerprint density at radius 1 is 1.23 bits per heavy atom. The van der Waals surface area contributed by atoms with Gasteiger partial charge in [-0.05, 0) is 70.8 Å². The Balaban J connectivity index is 1.47. The summed E-state index contributed by atoms with van der Waals surface area (Å²) in [5.41, 5.74) is 0.256. The molecule has 4 aliphatic carbocycles. The number of allylic oxidation sites excluding steroid dienone is 1. The number of nitrogens with zero attached hydrogens (tertiary/aromatic N) is 2. The van der Waals surface area contributed by atoms with Crippen LogP contribution in [-0.4, -0.2) is 53.7 Å². The number of anilines is 1. The Morgan fingerprint density at radius 2 is 1.97 bits per heavy atom. The van der Waals surface area contributed by atoms with Crippen LogP contribution in [0.4, 0.5) is 18.9 Å². The molecular formula is C27H31F3N4O. The highest BCUT2D eigenvalue weighted by molar-refractivity contribution is 6.01. The molecule has 0 aliphatic heterocycles. The highest BCUT2D eigenvalue weighted by atomic mass is 19.4. The van der Waals surface area contributed by atoms with Crippen molar-refractivity contribution in [2.75, 3.05) is 26.0 Å². The van der Waals surface area contributed by atoms with Gasteiger partial charge in [-0.25, -0.2) is 4.98 Å². The van der Waals surface area contributed by atoms with Crippen LogP contribution in [0, 0.1) is 5.92 Å². The number of hydrogen-bond acceptors (Lipinski definition) is 4. The number of halogens is 3. The van der Waals surface area contributed by atoms with E-state index in [1.165, 1.54) is 0 Å². The van der Waals surface area contributed by atoms with E-state index in [9.17, 15) is 18.0 Å². The zero-order chi connectivity index (χ0) is 25.0. The molecule has 8 heteroatoms. The van der Waals surface area contributed by atoms with E-state index >= 15 is 0 Å². The highest BCUT2D eigenvalue weighted by Crippen LogP contribution is 2.59. The van der Waals surface area contributed by atoms with Gasteiger partial charge in [0, 0.05) is 40.0 Å². The second-order valence-corrected chi connectivity index (χ2v) is 10.6. The topological polar surface area (TPSA) is 57.3 Å². The number of amides is 1. The Kier molecular flexibility index (Phi) is 5.70. The summed E-state index contributed by atoms with van der Waals surface area (Å²) in [5.74, 6) is 0.120. The Bertz CT molecular complexity index is 1210. The number of carbonyl (C=O) groups is 1. The van der Waals surface area contributed by atoms with E-state index in [-0.39, 0.29) is 28.6 Å². The molecule has 5 nitrogen and oxygen atoms in total. The molecule has 2 N–H and O–H groups in total. The average molecular weight is 485 g/mol. The standard InChI is InChI=1S/C27H31F3N4O/c1-17(27(28,29)30)23-20-7-4-8-22(33-25-11-12-26(15-25,16-25)34(2)3)21(20)14-19(32-23)6-5-13-31-24(35)18-9-10-18/h4-8,14,18,33H,1,9-13,15-16H2,2-3H3,(H,31,35)/b6-5+. The van der Waals surface area contributed by atoms with Crippen LogP contribution in [-0.2, 0) is 4.79 Å². The van der Waals surface area contributed by atoms with Crippen LogP contribution in [0.1, 0.15) is 49.9 Å². The van der Waals surface area contributed by atoms with Gasteiger partial charge in [0.2, 0.25) is 5.91 Å². The second-order valence-electron chi connectivity index (χ2n) is 10.6. The summed E-state index contributed by atoms with van der Waals surface area (Å²) in [6, 6.07) is 7.17. The fraction of sp³-hybridized carbons (Fsp3) is 0.481. The minimum absolute atomic E-state index is 0.0175. The van der Waals surface area contributed by atoms with E-state index in [2.05, 4.69) is 41.2 Å². The molecule has 1 heterocycles. The minimum atomic E-state index is -4.59. The van der Waals surface area contributed by atoms with Crippen LogP contribution < -0.4 is 10.6 Å². The molecule has 1 aromatic carbocycles. The molecule has 0 unspecified atom stereocenters. The smallest absolute Gasteiger partial charge is 0.379 e. The third-order valence-corrected chi connectivity index (χ3v) is 7.91. The number of carbonyl (C=O) groups excluding carboxylic acids is 1. The first-order chi connectivity index (χ1) is 16.5. The fourth-order valence-electron chi connectivity index (χ4n) is 5.69. The van der Waals surface area contributed by atoms with Crippen molar-refractivity contribution in [1.82, 2.24) is 15.2 Å². The maximum absolute atomic E-state index is 13.7. The van der Waals surface area contributed by atoms with Crippen molar-refractivity contribution in [2.45, 2.75) is 55.8 Å². The van der Waals surface area contributed by atoms with Gasteiger partial charge < -0.3 is 15.5 Å². The van der Waals surface area contributed by atoms with Gasteiger partial charge in [-0.1, -0.05) is 24.8 Å². The minimum Gasteiger partial charge on any atom is -0.379 e. The van der Waals surface area contributed by atoms with Gasteiger partial charge >= 0.3 is 6.18 Å². The summed E-state index contributed by atoms with van der Waals surface area (Å²) >= 11 is 0. The zero-order valence-electron chi connectivity index (χ0n) is 20.1. The van der Waals surface area contributed by atoms with Crippen LogP contribution in [0.5, 0.6) is 0 Å². The summed E-state index contributed by atoms with van der Waals surface area (Å²) < 4.78 is 41.0. The van der Waals surface area contributed by atoms with E-state index in [0.717, 1.165) is 44.2 Å². The first-order valence-corrected chi connectivity index (χ1v) is 12.1. The lowest BCUT2D eigenvalue weighted by Crippen LogP contribution is -2.59. The third kappa shape index (κ3) is 4.44. The van der Waals surface area contributed by atoms with E-state index in [4.69, 9.17) is 0 Å². The molecule has 0 radical (unpaired) electrons. The molecule has 6 rings (SSSR count).